The largest absolute Gasteiger partial charge is 0.459 e. The number of carbonyl (C=O) groups excluding carboxylic acids is 1. The van der Waals surface area contributed by atoms with Crippen molar-refractivity contribution >= 4 is 28.7 Å². The van der Waals surface area contributed by atoms with Crippen LogP contribution in [-0.2, 0) is 9.47 Å². The van der Waals surface area contributed by atoms with Crippen molar-refractivity contribution in [3.05, 3.63) is 53.7 Å². The molecule has 0 radical (unpaired) electrons. The van der Waals surface area contributed by atoms with Gasteiger partial charge in [0, 0.05) is 0 Å². The Morgan fingerprint density at radius 3 is 2.85 bits per heavy atom. The molecule has 2 aromatic heterocycles. The highest BCUT2D eigenvalue weighted by Gasteiger charge is 2.46. The number of halogens is 2. The molecule has 1 aromatic carbocycles. The highest BCUT2D eigenvalue weighted by atomic mass is 35.5. The highest BCUT2D eigenvalue weighted by molar-refractivity contribution is 6.33. The standard InChI is InChI=1S/C17H14ClFN4O4/c18-14-12-15(21-7-20-14)23(8-22-12)16-11(19)13(24)10(27-16)6-26-17(25)9-4-2-1-3-5-9/h1-5,7-8,10-11,13,16,24H,6H2/t10-,11+,13-,16-/m1/s1. The third-order valence-corrected chi connectivity index (χ3v) is 4.55. The number of aromatic nitrogens is 4. The average molecular weight is 393 g/mol. The molecule has 8 nitrogen and oxygen atoms in total. The van der Waals surface area contributed by atoms with Crippen LogP contribution in [0.5, 0.6) is 0 Å². The number of aliphatic hydroxyl groups excluding tert-OH is 1. The van der Waals surface area contributed by atoms with Gasteiger partial charge in [0.2, 0.25) is 0 Å². The second-order valence-electron chi connectivity index (χ2n) is 5.95. The van der Waals surface area contributed by atoms with Crippen LogP contribution in [0.2, 0.25) is 5.15 Å². The van der Waals surface area contributed by atoms with Gasteiger partial charge in [0.25, 0.3) is 0 Å². The number of nitrogens with zero attached hydrogens (tertiary/aromatic N) is 4. The second-order valence-corrected chi connectivity index (χ2v) is 6.31. The lowest BCUT2D eigenvalue weighted by Gasteiger charge is -2.15. The lowest BCUT2D eigenvalue weighted by Crippen LogP contribution is -2.32. The number of carbonyl (C=O) groups is 1. The topological polar surface area (TPSA) is 99.4 Å². The minimum absolute atomic E-state index is 0.126. The van der Waals surface area contributed by atoms with Crippen molar-refractivity contribution in [2.24, 2.45) is 0 Å². The quantitative estimate of drug-likeness (QED) is 0.535. The first-order valence-corrected chi connectivity index (χ1v) is 8.47. The number of ether oxygens (including phenoxy) is 2. The maximum Gasteiger partial charge on any atom is 0.338 e. The van der Waals surface area contributed by atoms with Crippen molar-refractivity contribution < 1.29 is 23.8 Å². The summed E-state index contributed by atoms with van der Waals surface area (Å²) < 4.78 is 26.7. The van der Waals surface area contributed by atoms with Gasteiger partial charge >= 0.3 is 5.97 Å². The zero-order valence-electron chi connectivity index (χ0n) is 13.8. The molecule has 10 heteroatoms. The normalized spacial score (nSPS) is 25.0. The molecule has 1 fully saturated rings. The van der Waals surface area contributed by atoms with Gasteiger partial charge in [-0.05, 0) is 12.1 Å². The summed E-state index contributed by atoms with van der Waals surface area (Å²) >= 11 is 5.95. The van der Waals surface area contributed by atoms with Gasteiger partial charge < -0.3 is 14.6 Å². The number of aliphatic hydroxyl groups is 1. The minimum Gasteiger partial charge on any atom is -0.459 e. The summed E-state index contributed by atoms with van der Waals surface area (Å²) in [6.07, 6.45) is -2.93. The Morgan fingerprint density at radius 1 is 1.30 bits per heavy atom. The molecule has 4 rings (SSSR count). The van der Waals surface area contributed by atoms with Gasteiger partial charge in [-0.2, -0.15) is 0 Å². The molecule has 1 aliphatic rings. The Balaban J connectivity index is 1.49. The molecule has 1 N–H and O–H groups in total. The minimum atomic E-state index is -1.77. The molecule has 3 aromatic rings. The third-order valence-electron chi connectivity index (χ3n) is 4.27. The molecular weight excluding hydrogens is 379 g/mol. The summed E-state index contributed by atoms with van der Waals surface area (Å²) in [4.78, 5) is 23.9. The molecule has 140 valence electrons. The molecule has 4 atom stereocenters. The monoisotopic (exact) mass is 392 g/mol. The van der Waals surface area contributed by atoms with E-state index < -0.39 is 30.6 Å². The lowest BCUT2D eigenvalue weighted by atomic mass is 10.1. The van der Waals surface area contributed by atoms with Crippen LogP contribution in [0.3, 0.4) is 0 Å². The number of imidazole rings is 1. The van der Waals surface area contributed by atoms with E-state index in [1.54, 1.807) is 30.3 Å². The molecular formula is C17H14ClFN4O4. The summed E-state index contributed by atoms with van der Waals surface area (Å²) in [6.45, 7) is -0.297. The third kappa shape index (κ3) is 3.25. The molecule has 0 saturated carbocycles. The molecule has 0 bridgehead atoms. The number of esters is 1. The molecule has 27 heavy (non-hydrogen) atoms. The van der Waals surface area contributed by atoms with Gasteiger partial charge in [0.05, 0.1) is 11.9 Å². The van der Waals surface area contributed by atoms with Crippen molar-refractivity contribution in [2.45, 2.75) is 24.6 Å². The van der Waals surface area contributed by atoms with Gasteiger partial charge in [0.1, 0.15) is 30.7 Å². The van der Waals surface area contributed by atoms with Crippen molar-refractivity contribution in [1.29, 1.82) is 0 Å². The number of hydrogen-bond acceptors (Lipinski definition) is 7. The highest BCUT2D eigenvalue weighted by Crippen LogP contribution is 2.34. The van der Waals surface area contributed by atoms with E-state index >= 15 is 0 Å². The van der Waals surface area contributed by atoms with Crippen LogP contribution in [-0.4, -0.2) is 55.6 Å². The SMILES string of the molecule is O=C(OC[C@H]1O[C@@H](n2cnc3c(Cl)ncnc32)[C@@H](F)[C@@H]1O)c1ccccc1. The Labute approximate surface area is 157 Å². The fourth-order valence-electron chi connectivity index (χ4n) is 2.89. The summed E-state index contributed by atoms with van der Waals surface area (Å²) in [5, 5.41) is 10.3. The average Bonchev–Trinajstić information content (AvgIpc) is 3.23. The first kappa shape index (κ1) is 17.8. The molecule has 0 aliphatic carbocycles. The second kappa shape index (κ2) is 7.18. The van der Waals surface area contributed by atoms with E-state index in [9.17, 15) is 14.3 Å². The first-order chi connectivity index (χ1) is 13.1. The lowest BCUT2D eigenvalue weighted by molar-refractivity contribution is -0.0529. The number of hydrogen-bond donors (Lipinski definition) is 1. The van der Waals surface area contributed by atoms with E-state index in [4.69, 9.17) is 21.1 Å². The van der Waals surface area contributed by atoms with Crippen LogP contribution in [0.1, 0.15) is 16.6 Å². The van der Waals surface area contributed by atoms with Crippen molar-refractivity contribution in [1.82, 2.24) is 19.5 Å². The van der Waals surface area contributed by atoms with Gasteiger partial charge in [-0.15, -0.1) is 0 Å². The van der Waals surface area contributed by atoms with Crippen LogP contribution in [0.25, 0.3) is 11.2 Å². The summed E-state index contributed by atoms with van der Waals surface area (Å²) in [5.74, 6) is -0.585. The van der Waals surface area contributed by atoms with E-state index in [2.05, 4.69) is 15.0 Å². The Kier molecular flexibility index (Phi) is 4.73. The van der Waals surface area contributed by atoms with Crippen molar-refractivity contribution in [3.63, 3.8) is 0 Å². The van der Waals surface area contributed by atoms with E-state index in [1.165, 1.54) is 17.2 Å². The molecule has 0 spiro atoms. The van der Waals surface area contributed by atoms with Crippen LogP contribution < -0.4 is 0 Å². The number of alkyl halides is 1. The molecule has 1 saturated heterocycles. The van der Waals surface area contributed by atoms with Gasteiger partial charge in [-0.3, -0.25) is 4.57 Å². The predicted molar refractivity (Wildman–Crippen MR) is 91.9 cm³/mol. The number of fused-ring (bicyclic) bond motifs is 1. The van der Waals surface area contributed by atoms with Gasteiger partial charge in [-0.25, -0.2) is 24.1 Å². The molecule has 1 aliphatic heterocycles. The fraction of sp³-hybridized carbons (Fsp3) is 0.294. The smallest absolute Gasteiger partial charge is 0.338 e. The van der Waals surface area contributed by atoms with Crippen LogP contribution in [0.15, 0.2) is 43.0 Å². The van der Waals surface area contributed by atoms with Gasteiger partial charge in [0.15, 0.2) is 23.2 Å². The Hall–Kier alpha value is -2.62. The van der Waals surface area contributed by atoms with Crippen molar-refractivity contribution in [2.75, 3.05) is 6.61 Å². The zero-order valence-corrected chi connectivity index (χ0v) is 14.5. The number of rotatable bonds is 4. The van der Waals surface area contributed by atoms with E-state index in [0.717, 1.165) is 0 Å². The number of benzene rings is 1. The summed E-state index contributed by atoms with van der Waals surface area (Å²) in [6, 6.07) is 8.35. The fourth-order valence-corrected chi connectivity index (χ4v) is 3.07. The van der Waals surface area contributed by atoms with E-state index in [0.29, 0.717) is 11.1 Å². The Morgan fingerprint density at radius 2 is 2.07 bits per heavy atom. The van der Waals surface area contributed by atoms with Crippen molar-refractivity contribution in [3.8, 4) is 0 Å². The van der Waals surface area contributed by atoms with Crippen LogP contribution >= 0.6 is 11.6 Å². The maximum absolute atomic E-state index is 14.6. The van der Waals surface area contributed by atoms with Crippen LogP contribution in [0, 0.1) is 0 Å². The molecule has 0 amide bonds. The van der Waals surface area contributed by atoms with Crippen LogP contribution in [0.4, 0.5) is 4.39 Å². The summed E-state index contributed by atoms with van der Waals surface area (Å²) in [5.41, 5.74) is 0.922. The zero-order chi connectivity index (χ0) is 19.0. The first-order valence-electron chi connectivity index (χ1n) is 8.09. The molecule has 0 unspecified atom stereocenters. The molecule has 3 heterocycles. The van der Waals surface area contributed by atoms with E-state index in [-0.39, 0.29) is 17.4 Å². The van der Waals surface area contributed by atoms with Gasteiger partial charge in [-0.1, -0.05) is 29.8 Å². The maximum atomic E-state index is 14.6. The summed E-state index contributed by atoms with van der Waals surface area (Å²) in [7, 11) is 0. The Bertz CT molecular complexity index is 970. The predicted octanol–water partition coefficient (Wildman–Crippen LogP) is 1.93. The van der Waals surface area contributed by atoms with E-state index in [1.807, 2.05) is 0 Å².